The lowest BCUT2D eigenvalue weighted by atomic mass is 10.1. The van der Waals surface area contributed by atoms with E-state index in [1.807, 2.05) is 31.2 Å². The highest BCUT2D eigenvalue weighted by Crippen LogP contribution is 2.22. The number of hydrogen-bond donors (Lipinski definition) is 2. The summed E-state index contributed by atoms with van der Waals surface area (Å²) in [6, 6.07) is 10.6. The van der Waals surface area contributed by atoms with Gasteiger partial charge in [0, 0.05) is 17.8 Å². The molecule has 0 saturated heterocycles. The Hall–Kier alpha value is -2.53. The summed E-state index contributed by atoms with van der Waals surface area (Å²) >= 11 is 0. The first kappa shape index (κ1) is 14.4. The summed E-state index contributed by atoms with van der Waals surface area (Å²) in [5, 5.41) is 13.7. The number of aliphatic hydroxyl groups is 1. The van der Waals surface area contributed by atoms with Crippen LogP contribution in [0.4, 0.5) is 0 Å². The Kier molecular flexibility index (Phi) is 3.98. The molecular formula is C17H17NO4. The van der Waals surface area contributed by atoms with Crippen molar-refractivity contribution in [3.63, 3.8) is 0 Å². The minimum absolute atomic E-state index is 0.207. The van der Waals surface area contributed by atoms with Crippen LogP contribution in [0.1, 0.15) is 35.6 Å². The summed E-state index contributed by atoms with van der Waals surface area (Å²) in [7, 11) is 0. The van der Waals surface area contributed by atoms with Crippen molar-refractivity contribution < 1.29 is 18.7 Å². The van der Waals surface area contributed by atoms with E-state index in [0.717, 1.165) is 5.39 Å². The maximum absolute atomic E-state index is 12.3. The van der Waals surface area contributed by atoms with Crippen LogP contribution >= 0.6 is 0 Å². The molecule has 3 rings (SSSR count). The average Bonchev–Trinajstić information content (AvgIpc) is 3.16. The molecular weight excluding hydrogens is 282 g/mol. The molecule has 2 atom stereocenters. The lowest BCUT2D eigenvalue weighted by Crippen LogP contribution is -2.33. The number of furan rings is 2. The maximum atomic E-state index is 12.3. The summed E-state index contributed by atoms with van der Waals surface area (Å²) in [5.74, 6) is 0.277. The van der Waals surface area contributed by atoms with Gasteiger partial charge in [-0.1, -0.05) is 18.2 Å². The number of carbonyl (C=O) groups excluding carboxylic acids is 1. The van der Waals surface area contributed by atoms with Crippen LogP contribution in [-0.2, 0) is 0 Å². The molecule has 0 spiro atoms. The molecule has 114 valence electrons. The molecule has 5 heteroatoms. The normalized spacial score (nSPS) is 13.9. The highest BCUT2D eigenvalue weighted by atomic mass is 16.4. The molecule has 0 aliphatic heterocycles. The molecule has 0 aliphatic rings. The number of fused-ring (bicyclic) bond motifs is 1. The second kappa shape index (κ2) is 6.07. The summed E-state index contributed by atoms with van der Waals surface area (Å²) in [6.07, 6.45) is 2.59. The quantitative estimate of drug-likeness (QED) is 0.758. The molecule has 1 amide bonds. The number of carbonyl (C=O) groups is 1. The predicted molar refractivity (Wildman–Crippen MR) is 81.4 cm³/mol. The number of para-hydroxylation sites is 1. The monoisotopic (exact) mass is 299 g/mol. The van der Waals surface area contributed by atoms with Crippen molar-refractivity contribution in [3.05, 3.63) is 60.2 Å². The van der Waals surface area contributed by atoms with Crippen molar-refractivity contribution >= 4 is 16.9 Å². The second-order valence-electron chi connectivity index (χ2n) is 5.29. The van der Waals surface area contributed by atoms with Gasteiger partial charge in [-0.3, -0.25) is 4.79 Å². The molecule has 3 aromatic rings. The van der Waals surface area contributed by atoms with Crippen LogP contribution in [-0.4, -0.2) is 17.1 Å². The van der Waals surface area contributed by atoms with E-state index < -0.39 is 6.10 Å². The van der Waals surface area contributed by atoms with E-state index in [-0.39, 0.29) is 11.9 Å². The molecule has 2 N–H and O–H groups in total. The van der Waals surface area contributed by atoms with Crippen LogP contribution in [0.3, 0.4) is 0 Å². The number of hydrogen-bond acceptors (Lipinski definition) is 4. The highest BCUT2D eigenvalue weighted by molar-refractivity contribution is 6.05. The van der Waals surface area contributed by atoms with Gasteiger partial charge in [0.25, 0.3) is 5.91 Å². The molecule has 2 aromatic heterocycles. The molecule has 0 bridgehead atoms. The van der Waals surface area contributed by atoms with Gasteiger partial charge in [0.05, 0.1) is 11.8 Å². The van der Waals surface area contributed by atoms with Crippen LogP contribution < -0.4 is 5.32 Å². The van der Waals surface area contributed by atoms with Gasteiger partial charge in [-0.05, 0) is 25.1 Å². The van der Waals surface area contributed by atoms with Gasteiger partial charge in [0.1, 0.15) is 23.7 Å². The lowest BCUT2D eigenvalue weighted by molar-refractivity contribution is 0.0904. The molecule has 22 heavy (non-hydrogen) atoms. The smallest absolute Gasteiger partial charge is 0.255 e. The van der Waals surface area contributed by atoms with Gasteiger partial charge < -0.3 is 19.3 Å². The number of benzene rings is 1. The third kappa shape index (κ3) is 2.89. The Morgan fingerprint density at radius 1 is 1.23 bits per heavy atom. The van der Waals surface area contributed by atoms with E-state index in [1.165, 1.54) is 12.5 Å². The standard InChI is InChI=1S/C17H17NO4/c1-11(9-14(19)16-7-4-8-21-16)18-17(20)13-10-22-15-6-3-2-5-12(13)15/h2-8,10-11,14,19H,9H2,1H3,(H,18,20). The van der Waals surface area contributed by atoms with Crippen LogP contribution in [0.2, 0.25) is 0 Å². The second-order valence-corrected chi connectivity index (χ2v) is 5.29. The number of amides is 1. The third-order valence-corrected chi connectivity index (χ3v) is 3.55. The van der Waals surface area contributed by atoms with Crippen LogP contribution in [0.15, 0.2) is 57.8 Å². The third-order valence-electron chi connectivity index (χ3n) is 3.55. The average molecular weight is 299 g/mol. The molecule has 2 unspecified atom stereocenters. The Morgan fingerprint density at radius 2 is 2.05 bits per heavy atom. The summed E-state index contributed by atoms with van der Waals surface area (Å²) in [4.78, 5) is 12.3. The molecule has 2 heterocycles. The van der Waals surface area contributed by atoms with Gasteiger partial charge in [-0.25, -0.2) is 0 Å². The molecule has 5 nitrogen and oxygen atoms in total. The molecule has 1 aromatic carbocycles. The molecule has 0 fully saturated rings. The van der Waals surface area contributed by atoms with Crippen molar-refractivity contribution in [2.75, 3.05) is 0 Å². The minimum Gasteiger partial charge on any atom is -0.467 e. The number of aliphatic hydroxyl groups excluding tert-OH is 1. The summed E-state index contributed by atoms with van der Waals surface area (Å²) < 4.78 is 10.5. The zero-order valence-corrected chi connectivity index (χ0v) is 12.2. The fourth-order valence-corrected chi connectivity index (χ4v) is 2.45. The first-order valence-electron chi connectivity index (χ1n) is 7.13. The van der Waals surface area contributed by atoms with Crippen molar-refractivity contribution in [2.45, 2.75) is 25.5 Å². The Labute approximate surface area is 127 Å². The SMILES string of the molecule is CC(CC(O)c1ccco1)NC(=O)c1coc2ccccc12. The molecule has 0 aliphatic carbocycles. The maximum Gasteiger partial charge on any atom is 0.255 e. The van der Waals surface area contributed by atoms with Gasteiger partial charge in [0.15, 0.2) is 0 Å². The molecule has 0 radical (unpaired) electrons. The van der Waals surface area contributed by atoms with E-state index in [9.17, 15) is 9.90 Å². The summed E-state index contributed by atoms with van der Waals surface area (Å²) in [5.41, 5.74) is 1.17. The zero-order chi connectivity index (χ0) is 15.5. The van der Waals surface area contributed by atoms with Crippen molar-refractivity contribution in [3.8, 4) is 0 Å². The van der Waals surface area contributed by atoms with Gasteiger partial charge in [-0.2, -0.15) is 0 Å². The van der Waals surface area contributed by atoms with Crippen molar-refractivity contribution in [1.29, 1.82) is 0 Å². The fourth-order valence-electron chi connectivity index (χ4n) is 2.45. The number of rotatable bonds is 5. The first-order chi connectivity index (χ1) is 10.6. The Balaban J connectivity index is 1.66. The van der Waals surface area contributed by atoms with E-state index in [0.29, 0.717) is 23.3 Å². The summed E-state index contributed by atoms with van der Waals surface area (Å²) in [6.45, 7) is 1.84. The largest absolute Gasteiger partial charge is 0.467 e. The Morgan fingerprint density at radius 3 is 2.82 bits per heavy atom. The Bertz CT molecular complexity index is 760. The van der Waals surface area contributed by atoms with Gasteiger partial charge in [0.2, 0.25) is 0 Å². The van der Waals surface area contributed by atoms with Crippen molar-refractivity contribution in [1.82, 2.24) is 5.32 Å². The van der Waals surface area contributed by atoms with E-state index in [2.05, 4.69) is 5.32 Å². The zero-order valence-electron chi connectivity index (χ0n) is 12.2. The van der Waals surface area contributed by atoms with Crippen LogP contribution in [0.5, 0.6) is 0 Å². The van der Waals surface area contributed by atoms with E-state index in [1.54, 1.807) is 12.1 Å². The lowest BCUT2D eigenvalue weighted by Gasteiger charge is -2.16. The van der Waals surface area contributed by atoms with Crippen LogP contribution in [0.25, 0.3) is 11.0 Å². The number of nitrogens with one attached hydrogen (secondary N) is 1. The van der Waals surface area contributed by atoms with Gasteiger partial charge in [-0.15, -0.1) is 0 Å². The minimum atomic E-state index is -0.744. The molecule has 0 saturated carbocycles. The predicted octanol–water partition coefficient (Wildman–Crippen LogP) is 3.27. The van der Waals surface area contributed by atoms with Crippen molar-refractivity contribution in [2.24, 2.45) is 0 Å². The van der Waals surface area contributed by atoms with E-state index >= 15 is 0 Å². The van der Waals surface area contributed by atoms with Crippen LogP contribution in [0, 0.1) is 0 Å². The topological polar surface area (TPSA) is 75.6 Å². The fraction of sp³-hybridized carbons (Fsp3) is 0.235. The first-order valence-corrected chi connectivity index (χ1v) is 7.13. The van der Waals surface area contributed by atoms with E-state index in [4.69, 9.17) is 8.83 Å². The van der Waals surface area contributed by atoms with Gasteiger partial charge >= 0.3 is 0 Å². The highest BCUT2D eigenvalue weighted by Gasteiger charge is 2.19.